The Kier molecular flexibility index (Phi) is 3.28. The van der Waals surface area contributed by atoms with Crippen molar-refractivity contribution in [2.24, 2.45) is 0 Å². The number of carboxylic acid groups (broad SMARTS) is 1. The number of hydrogen-bond donors (Lipinski definition) is 1. The Morgan fingerprint density at radius 3 is 2.71 bits per heavy atom. The number of nitrogens with zero attached hydrogens (tertiary/aromatic N) is 1. The van der Waals surface area contributed by atoms with Gasteiger partial charge in [-0.3, -0.25) is 0 Å². The second-order valence-corrected chi connectivity index (χ2v) is 3.31. The van der Waals surface area contributed by atoms with E-state index in [1.54, 1.807) is 12.1 Å². The van der Waals surface area contributed by atoms with Gasteiger partial charge >= 0.3 is 5.97 Å². The summed E-state index contributed by atoms with van der Waals surface area (Å²) >= 11 is 3.16. The molecule has 0 bridgehead atoms. The molecule has 0 spiro atoms. The summed E-state index contributed by atoms with van der Waals surface area (Å²) < 4.78 is 0.625. The minimum Gasteiger partial charge on any atom is -0.478 e. The van der Waals surface area contributed by atoms with Gasteiger partial charge in [-0.1, -0.05) is 21.9 Å². The summed E-state index contributed by atoms with van der Waals surface area (Å²) in [4.78, 5) is 10.6. The fourth-order valence-electron chi connectivity index (χ4n) is 0.885. The summed E-state index contributed by atoms with van der Waals surface area (Å²) in [6.07, 6.45) is 0. The van der Waals surface area contributed by atoms with Gasteiger partial charge in [0.05, 0.1) is 5.56 Å². The quantitative estimate of drug-likeness (QED) is 0.775. The van der Waals surface area contributed by atoms with Crippen molar-refractivity contribution in [1.82, 2.24) is 0 Å². The molecular weight excluding hydrogens is 246 g/mol. The van der Waals surface area contributed by atoms with Crippen molar-refractivity contribution in [1.29, 1.82) is 5.26 Å². The van der Waals surface area contributed by atoms with E-state index in [1.165, 1.54) is 12.1 Å². The molecule has 14 heavy (non-hydrogen) atoms. The molecule has 1 aromatic carbocycles. The lowest BCUT2D eigenvalue weighted by Gasteiger charge is -1.97. The topological polar surface area (TPSA) is 61.1 Å². The van der Waals surface area contributed by atoms with Crippen LogP contribution in [0.15, 0.2) is 22.7 Å². The Hall–Kier alpha value is -1.78. The van der Waals surface area contributed by atoms with Gasteiger partial charge in [-0.2, -0.15) is 5.26 Å². The number of hydrogen-bond acceptors (Lipinski definition) is 2. The van der Waals surface area contributed by atoms with Crippen molar-refractivity contribution in [3.8, 4) is 17.9 Å². The van der Waals surface area contributed by atoms with Crippen LogP contribution in [0.2, 0.25) is 0 Å². The van der Waals surface area contributed by atoms with Gasteiger partial charge in [0, 0.05) is 16.0 Å². The summed E-state index contributed by atoms with van der Waals surface area (Å²) in [5, 5.41) is 16.9. The molecule has 0 fully saturated rings. The van der Waals surface area contributed by atoms with Crippen molar-refractivity contribution in [3.05, 3.63) is 33.8 Å². The lowest BCUT2D eigenvalue weighted by atomic mass is 10.1. The summed E-state index contributed by atoms with van der Waals surface area (Å²) in [6, 6.07) is 6.20. The number of benzene rings is 1. The molecule has 1 rings (SSSR count). The number of halogens is 1. The highest BCUT2D eigenvalue weighted by Crippen LogP contribution is 2.15. The van der Waals surface area contributed by atoms with E-state index in [4.69, 9.17) is 10.4 Å². The molecule has 0 unspecified atom stereocenters. The normalized spacial score (nSPS) is 8.29. The van der Waals surface area contributed by atoms with Gasteiger partial charge in [0.1, 0.15) is 0 Å². The third-order valence-electron chi connectivity index (χ3n) is 1.41. The summed E-state index contributed by atoms with van der Waals surface area (Å²) in [7, 11) is 0. The maximum atomic E-state index is 10.6. The summed E-state index contributed by atoms with van der Waals surface area (Å²) in [5.74, 6) is 3.70. The predicted octanol–water partition coefficient (Wildman–Crippen LogP) is 2.02. The highest BCUT2D eigenvalue weighted by molar-refractivity contribution is 9.10. The second-order valence-electron chi connectivity index (χ2n) is 2.40. The van der Waals surface area contributed by atoms with E-state index in [0.717, 1.165) is 0 Å². The Labute approximate surface area is 89.1 Å². The maximum Gasteiger partial charge on any atom is 0.335 e. The van der Waals surface area contributed by atoms with Crippen LogP contribution in [0.3, 0.4) is 0 Å². The first kappa shape index (κ1) is 10.3. The van der Waals surface area contributed by atoms with Crippen LogP contribution < -0.4 is 0 Å². The van der Waals surface area contributed by atoms with E-state index in [2.05, 4.69) is 27.8 Å². The molecule has 0 aliphatic heterocycles. The van der Waals surface area contributed by atoms with E-state index in [9.17, 15) is 4.79 Å². The fraction of sp³-hybridized carbons (Fsp3) is 0. The third kappa shape index (κ3) is 2.62. The zero-order chi connectivity index (χ0) is 10.6. The summed E-state index contributed by atoms with van der Waals surface area (Å²) in [6.45, 7) is 0. The molecular formula is C10H4BrNO2. The van der Waals surface area contributed by atoms with Crippen molar-refractivity contribution in [3.63, 3.8) is 0 Å². The van der Waals surface area contributed by atoms with E-state index in [-0.39, 0.29) is 5.56 Å². The molecule has 0 saturated carbocycles. The Bertz CT molecular complexity index is 477. The molecule has 1 aromatic rings. The molecule has 0 aliphatic rings. The first-order valence-electron chi connectivity index (χ1n) is 3.57. The number of aromatic carboxylic acids is 1. The molecule has 3 nitrogen and oxygen atoms in total. The van der Waals surface area contributed by atoms with Crippen LogP contribution in [0.4, 0.5) is 0 Å². The molecule has 0 aromatic heterocycles. The molecule has 1 N–H and O–H groups in total. The van der Waals surface area contributed by atoms with Crippen LogP contribution in [-0.4, -0.2) is 11.1 Å². The highest BCUT2D eigenvalue weighted by atomic mass is 79.9. The largest absolute Gasteiger partial charge is 0.478 e. The minimum absolute atomic E-state index is 0.140. The molecule has 0 saturated heterocycles. The maximum absolute atomic E-state index is 10.6. The summed E-state index contributed by atoms with van der Waals surface area (Å²) in [5.41, 5.74) is 0.639. The van der Waals surface area contributed by atoms with Gasteiger partial charge in [0.15, 0.2) is 6.07 Å². The number of rotatable bonds is 1. The fourth-order valence-corrected chi connectivity index (χ4v) is 1.38. The monoisotopic (exact) mass is 249 g/mol. The molecule has 0 radical (unpaired) electrons. The van der Waals surface area contributed by atoms with Crippen LogP contribution in [0.5, 0.6) is 0 Å². The Balaban J connectivity index is 3.22. The van der Waals surface area contributed by atoms with Crippen molar-refractivity contribution in [2.75, 3.05) is 0 Å². The van der Waals surface area contributed by atoms with Gasteiger partial charge < -0.3 is 5.11 Å². The average molecular weight is 250 g/mol. The Morgan fingerprint density at radius 1 is 1.43 bits per heavy atom. The zero-order valence-electron chi connectivity index (χ0n) is 6.91. The van der Waals surface area contributed by atoms with Crippen molar-refractivity contribution in [2.45, 2.75) is 0 Å². The van der Waals surface area contributed by atoms with Gasteiger partial charge in [0.25, 0.3) is 0 Å². The second kappa shape index (κ2) is 4.45. The van der Waals surface area contributed by atoms with E-state index in [0.29, 0.717) is 10.0 Å². The van der Waals surface area contributed by atoms with Crippen LogP contribution in [0.25, 0.3) is 0 Å². The van der Waals surface area contributed by atoms with Gasteiger partial charge in [-0.05, 0) is 18.2 Å². The average Bonchev–Trinajstić information content (AvgIpc) is 2.14. The standard InChI is InChI=1S/C10H4BrNO2/c11-9-5-7(2-1-3-12)4-8(6-9)10(13)14/h4-6H,(H,13,14). The van der Waals surface area contributed by atoms with Crippen LogP contribution in [-0.2, 0) is 0 Å². The third-order valence-corrected chi connectivity index (χ3v) is 1.87. The molecule has 68 valence electrons. The van der Waals surface area contributed by atoms with Crippen LogP contribution in [0, 0.1) is 23.2 Å². The highest BCUT2D eigenvalue weighted by Gasteiger charge is 2.04. The van der Waals surface area contributed by atoms with E-state index < -0.39 is 5.97 Å². The molecule has 4 heteroatoms. The molecule has 0 heterocycles. The van der Waals surface area contributed by atoms with Gasteiger partial charge in [-0.15, -0.1) is 0 Å². The SMILES string of the molecule is N#CC#Cc1cc(Br)cc(C(=O)O)c1. The van der Waals surface area contributed by atoms with Crippen LogP contribution >= 0.6 is 15.9 Å². The van der Waals surface area contributed by atoms with Crippen molar-refractivity contribution < 1.29 is 9.90 Å². The minimum atomic E-state index is -1.02. The van der Waals surface area contributed by atoms with E-state index >= 15 is 0 Å². The first-order chi connectivity index (χ1) is 6.63. The van der Waals surface area contributed by atoms with Gasteiger partial charge in [0.2, 0.25) is 0 Å². The van der Waals surface area contributed by atoms with Gasteiger partial charge in [-0.25, -0.2) is 4.79 Å². The Morgan fingerprint density at radius 2 is 2.14 bits per heavy atom. The number of nitriles is 1. The molecule has 0 aliphatic carbocycles. The van der Waals surface area contributed by atoms with E-state index in [1.807, 2.05) is 0 Å². The number of carboxylic acids is 1. The molecule has 0 atom stereocenters. The lowest BCUT2D eigenvalue weighted by molar-refractivity contribution is 0.0697. The lowest BCUT2D eigenvalue weighted by Crippen LogP contribution is -1.96. The van der Waals surface area contributed by atoms with Crippen LogP contribution in [0.1, 0.15) is 15.9 Å². The number of carbonyl (C=O) groups is 1. The first-order valence-corrected chi connectivity index (χ1v) is 4.37. The zero-order valence-corrected chi connectivity index (χ0v) is 8.50. The predicted molar refractivity (Wildman–Crippen MR) is 53.6 cm³/mol. The van der Waals surface area contributed by atoms with Crippen molar-refractivity contribution >= 4 is 21.9 Å². The smallest absolute Gasteiger partial charge is 0.335 e. The molecule has 0 amide bonds.